The van der Waals surface area contributed by atoms with Crippen LogP contribution in [0.1, 0.15) is 24.8 Å². The Hall–Kier alpha value is -1.34. The molecule has 0 bridgehead atoms. The van der Waals surface area contributed by atoms with E-state index in [1.54, 1.807) is 6.08 Å². The fourth-order valence-electron chi connectivity index (χ4n) is 2.01. The molecular weight excluding hydrogens is 300 g/mol. The molecule has 0 aromatic heterocycles. The maximum absolute atomic E-state index is 12.3. The van der Waals surface area contributed by atoms with Gasteiger partial charge in [0.25, 0.3) is 5.91 Å². The minimum absolute atomic E-state index is 0.362. The lowest BCUT2D eigenvalue weighted by Crippen LogP contribution is -2.48. The molecule has 1 aliphatic carbocycles. The van der Waals surface area contributed by atoms with Crippen molar-refractivity contribution < 1.29 is 14.1 Å². The Morgan fingerprint density at radius 1 is 1.50 bits per heavy atom. The predicted molar refractivity (Wildman–Crippen MR) is 87.1 cm³/mol. The molecular formula is C16H22N2O3S. The molecule has 1 aliphatic rings. The Balaban J connectivity index is 1.78. The number of hydrogen-bond acceptors (Lipinski definition) is 4. The van der Waals surface area contributed by atoms with E-state index < -0.39 is 28.1 Å². The Morgan fingerprint density at radius 2 is 2.18 bits per heavy atom. The van der Waals surface area contributed by atoms with Gasteiger partial charge in [0, 0.05) is 12.8 Å². The maximum Gasteiger partial charge on any atom is 0.278 e. The van der Waals surface area contributed by atoms with Crippen molar-refractivity contribution in [1.82, 2.24) is 4.72 Å². The lowest BCUT2D eigenvalue weighted by molar-refractivity contribution is -0.120. The van der Waals surface area contributed by atoms with E-state index in [0.29, 0.717) is 19.6 Å². The van der Waals surface area contributed by atoms with E-state index in [9.17, 15) is 9.35 Å². The first-order valence-corrected chi connectivity index (χ1v) is 8.43. The summed E-state index contributed by atoms with van der Waals surface area (Å²) in [7, 11) is 0. The zero-order chi connectivity index (χ0) is 16.0. The van der Waals surface area contributed by atoms with Gasteiger partial charge in [0.15, 0.2) is 4.75 Å². The van der Waals surface area contributed by atoms with Gasteiger partial charge in [0.05, 0.1) is 30.6 Å². The number of nitrogens with two attached hydrogens (primary N) is 1. The molecule has 22 heavy (non-hydrogen) atoms. The van der Waals surface area contributed by atoms with Gasteiger partial charge in [-0.1, -0.05) is 36.4 Å². The first-order valence-electron chi connectivity index (χ1n) is 7.28. The Labute approximate surface area is 134 Å². The number of amides is 1. The molecule has 0 spiro atoms. The van der Waals surface area contributed by atoms with Gasteiger partial charge < -0.3 is 15.0 Å². The summed E-state index contributed by atoms with van der Waals surface area (Å²) in [6.45, 7) is 4.38. The van der Waals surface area contributed by atoms with E-state index in [4.69, 9.17) is 10.5 Å². The summed E-state index contributed by atoms with van der Waals surface area (Å²) < 4.78 is 20.0. The van der Waals surface area contributed by atoms with Gasteiger partial charge in [0.2, 0.25) is 0 Å². The van der Waals surface area contributed by atoms with Crippen LogP contribution in [0.2, 0.25) is 0 Å². The minimum atomic E-state index is -1.47. The lowest BCUT2D eigenvalue weighted by atomic mass is 10.2. The summed E-state index contributed by atoms with van der Waals surface area (Å²) >= 11 is -1.47. The van der Waals surface area contributed by atoms with E-state index in [1.165, 1.54) is 0 Å². The van der Waals surface area contributed by atoms with Crippen LogP contribution in [-0.4, -0.2) is 27.9 Å². The minimum Gasteiger partial charge on any atom is -0.593 e. The van der Waals surface area contributed by atoms with E-state index in [-0.39, 0.29) is 0 Å². The van der Waals surface area contributed by atoms with Gasteiger partial charge in [0.1, 0.15) is 0 Å². The van der Waals surface area contributed by atoms with Gasteiger partial charge in [-0.3, -0.25) is 4.79 Å². The molecule has 5 nitrogen and oxygen atoms in total. The third-order valence-corrected chi connectivity index (χ3v) is 5.33. The third-order valence-electron chi connectivity index (χ3n) is 3.63. The second kappa shape index (κ2) is 7.78. The quantitative estimate of drug-likeness (QED) is 0.532. The SMILES string of the molecule is C=CCC(N)C(=O)N[S+]([O-])C1(COCc2ccccc2)CC1. The topological polar surface area (TPSA) is 87.4 Å². The highest BCUT2D eigenvalue weighted by Gasteiger charge is 2.56. The molecule has 1 fully saturated rings. The Kier molecular flexibility index (Phi) is 6.02. The van der Waals surface area contributed by atoms with E-state index >= 15 is 0 Å². The van der Waals surface area contributed by atoms with Crippen molar-refractivity contribution in [2.45, 2.75) is 36.7 Å². The van der Waals surface area contributed by atoms with Crippen LogP contribution in [0.25, 0.3) is 0 Å². The number of carbonyl (C=O) groups excluding carboxylic acids is 1. The molecule has 1 saturated carbocycles. The molecule has 2 atom stereocenters. The highest BCUT2D eigenvalue weighted by Crippen LogP contribution is 2.43. The molecule has 2 unspecified atom stereocenters. The smallest absolute Gasteiger partial charge is 0.278 e. The summed E-state index contributed by atoms with van der Waals surface area (Å²) in [6.07, 6.45) is 3.50. The van der Waals surface area contributed by atoms with Crippen LogP contribution in [0.15, 0.2) is 43.0 Å². The molecule has 0 saturated heterocycles. The number of nitrogens with one attached hydrogen (secondary N) is 1. The summed E-state index contributed by atoms with van der Waals surface area (Å²) in [4.78, 5) is 11.8. The number of ether oxygens (including phenoxy) is 1. The fraction of sp³-hybridized carbons (Fsp3) is 0.438. The van der Waals surface area contributed by atoms with Crippen LogP contribution in [0.5, 0.6) is 0 Å². The number of rotatable bonds is 9. The number of benzene rings is 1. The zero-order valence-electron chi connectivity index (χ0n) is 12.5. The van der Waals surface area contributed by atoms with Crippen LogP contribution in [0.4, 0.5) is 0 Å². The average molecular weight is 322 g/mol. The van der Waals surface area contributed by atoms with Crippen molar-refractivity contribution >= 4 is 17.3 Å². The molecule has 2 rings (SSSR count). The molecule has 1 aromatic rings. The van der Waals surface area contributed by atoms with Crippen molar-refractivity contribution in [3.8, 4) is 0 Å². The third kappa shape index (κ3) is 4.58. The normalized spacial score (nSPS) is 18.3. The van der Waals surface area contributed by atoms with Crippen molar-refractivity contribution in [3.05, 3.63) is 48.6 Å². The monoisotopic (exact) mass is 322 g/mol. The van der Waals surface area contributed by atoms with Gasteiger partial charge in [-0.25, -0.2) is 0 Å². The summed E-state index contributed by atoms with van der Waals surface area (Å²) in [6, 6.07) is 9.10. The van der Waals surface area contributed by atoms with E-state index in [2.05, 4.69) is 11.3 Å². The summed E-state index contributed by atoms with van der Waals surface area (Å²) in [5, 5.41) is 0. The highest BCUT2D eigenvalue weighted by atomic mass is 32.2. The van der Waals surface area contributed by atoms with Crippen LogP contribution in [-0.2, 0) is 27.5 Å². The zero-order valence-corrected chi connectivity index (χ0v) is 13.3. The highest BCUT2D eigenvalue weighted by molar-refractivity contribution is 7.91. The molecule has 0 radical (unpaired) electrons. The van der Waals surface area contributed by atoms with Crippen LogP contribution in [0, 0.1) is 0 Å². The van der Waals surface area contributed by atoms with E-state index in [1.807, 2.05) is 30.3 Å². The Bertz CT molecular complexity index is 505. The predicted octanol–water partition coefficient (Wildman–Crippen LogP) is 1.42. The van der Waals surface area contributed by atoms with Crippen LogP contribution < -0.4 is 10.5 Å². The standard InChI is InChI=1S/C16H22N2O3S/c1-2-6-14(17)15(19)18-22(20)16(9-10-16)12-21-11-13-7-4-3-5-8-13/h2-5,7-8,14H,1,6,9-12,17H2,(H,18,19). The Morgan fingerprint density at radius 3 is 2.77 bits per heavy atom. The summed E-state index contributed by atoms with van der Waals surface area (Å²) in [5.41, 5.74) is 6.74. The molecule has 3 N–H and O–H groups in total. The van der Waals surface area contributed by atoms with Crippen molar-refractivity contribution in [1.29, 1.82) is 0 Å². The first kappa shape index (κ1) is 17.0. The van der Waals surface area contributed by atoms with Crippen molar-refractivity contribution in [2.75, 3.05) is 6.61 Å². The van der Waals surface area contributed by atoms with Gasteiger partial charge in [-0.05, 0) is 12.0 Å². The number of carbonyl (C=O) groups is 1. The van der Waals surface area contributed by atoms with Crippen LogP contribution >= 0.6 is 0 Å². The lowest BCUT2D eigenvalue weighted by Gasteiger charge is -2.21. The molecule has 1 amide bonds. The van der Waals surface area contributed by atoms with Crippen molar-refractivity contribution in [3.63, 3.8) is 0 Å². The van der Waals surface area contributed by atoms with Gasteiger partial charge in [-0.15, -0.1) is 6.58 Å². The number of hydrogen-bond donors (Lipinski definition) is 2. The molecule has 0 aliphatic heterocycles. The largest absolute Gasteiger partial charge is 0.593 e. The first-order chi connectivity index (χ1) is 10.6. The molecule has 6 heteroatoms. The van der Waals surface area contributed by atoms with Crippen LogP contribution in [0.3, 0.4) is 0 Å². The molecule has 120 valence electrons. The van der Waals surface area contributed by atoms with Crippen molar-refractivity contribution in [2.24, 2.45) is 5.73 Å². The maximum atomic E-state index is 12.3. The summed E-state index contributed by atoms with van der Waals surface area (Å²) in [5.74, 6) is -0.410. The average Bonchev–Trinajstić information content (AvgIpc) is 3.29. The molecule has 0 heterocycles. The van der Waals surface area contributed by atoms with E-state index in [0.717, 1.165) is 18.4 Å². The molecule has 1 aromatic carbocycles. The van der Waals surface area contributed by atoms with Gasteiger partial charge in [-0.2, -0.15) is 4.72 Å². The second-order valence-electron chi connectivity index (χ2n) is 5.53. The fourth-order valence-corrected chi connectivity index (χ4v) is 3.23. The second-order valence-corrected chi connectivity index (χ2v) is 7.13. The van der Waals surface area contributed by atoms with Gasteiger partial charge >= 0.3 is 0 Å².